The summed E-state index contributed by atoms with van der Waals surface area (Å²) in [5.41, 5.74) is 1.13. The van der Waals surface area contributed by atoms with Crippen LogP contribution in [0, 0.1) is 0 Å². The summed E-state index contributed by atoms with van der Waals surface area (Å²) in [6.45, 7) is 3.76. The zero-order valence-corrected chi connectivity index (χ0v) is 12.0. The zero-order valence-electron chi connectivity index (χ0n) is 11.3. The Balaban J connectivity index is 2.81. The number of Topliss-reactive ketones (excluding diaryl/α,β-unsaturated/α-hetero) is 1. The van der Waals surface area contributed by atoms with Gasteiger partial charge in [-0.2, -0.15) is 0 Å². The molecule has 0 heterocycles. The Labute approximate surface area is 118 Å². The normalized spacial score (nSPS) is 11.3. The Bertz CT molecular complexity index is 449. The second kappa shape index (κ2) is 6.71. The van der Waals surface area contributed by atoms with Crippen LogP contribution in [0.15, 0.2) is 24.3 Å². The van der Waals surface area contributed by atoms with E-state index in [1.165, 1.54) is 0 Å². The summed E-state index contributed by atoms with van der Waals surface area (Å²) < 4.78 is 0. The van der Waals surface area contributed by atoms with Crippen LogP contribution in [0.1, 0.15) is 49.0 Å². The average Bonchev–Trinajstić information content (AvgIpc) is 2.34. The number of hydrogen-bond acceptors (Lipinski definition) is 2. The van der Waals surface area contributed by atoms with Gasteiger partial charge < -0.3 is 5.11 Å². The van der Waals surface area contributed by atoms with Crippen LogP contribution in [0.4, 0.5) is 0 Å². The van der Waals surface area contributed by atoms with E-state index in [4.69, 9.17) is 16.7 Å². The largest absolute Gasteiger partial charge is 0.481 e. The number of halogens is 1. The lowest BCUT2D eigenvalue weighted by molar-refractivity contribution is -0.138. The van der Waals surface area contributed by atoms with Gasteiger partial charge in [-0.15, -0.1) is 11.6 Å². The number of alkyl halides is 1. The first kappa shape index (κ1) is 15.7. The minimum absolute atomic E-state index is 0.0620. The van der Waals surface area contributed by atoms with Crippen molar-refractivity contribution in [1.29, 1.82) is 0 Å². The van der Waals surface area contributed by atoms with Crippen LogP contribution in [0.3, 0.4) is 0 Å². The van der Waals surface area contributed by atoms with Crippen molar-refractivity contribution in [1.82, 2.24) is 0 Å². The number of rotatable bonds is 7. The highest BCUT2D eigenvalue weighted by molar-refractivity contribution is 6.18. The molecule has 0 aliphatic carbocycles. The average molecular weight is 283 g/mol. The van der Waals surface area contributed by atoms with Gasteiger partial charge in [-0.05, 0) is 12.0 Å². The van der Waals surface area contributed by atoms with E-state index >= 15 is 0 Å². The Morgan fingerprint density at radius 2 is 1.79 bits per heavy atom. The Hall–Kier alpha value is -1.35. The van der Waals surface area contributed by atoms with E-state index in [0.29, 0.717) is 24.3 Å². The monoisotopic (exact) mass is 282 g/mol. The molecule has 0 unspecified atom stereocenters. The number of hydrogen-bond donors (Lipinski definition) is 1. The van der Waals surface area contributed by atoms with Gasteiger partial charge in [0.15, 0.2) is 5.78 Å². The molecule has 4 heteroatoms. The number of carboxylic acids is 1. The van der Waals surface area contributed by atoms with Crippen LogP contribution in [-0.2, 0) is 10.2 Å². The van der Waals surface area contributed by atoms with Gasteiger partial charge in [0, 0.05) is 23.3 Å². The number of aliphatic carboxylic acids is 1. The third-order valence-electron chi connectivity index (χ3n) is 3.12. The number of carbonyl (C=O) groups excluding carboxylic acids is 1. The minimum atomic E-state index is -0.827. The molecule has 1 aromatic rings. The molecule has 1 N–H and O–H groups in total. The van der Waals surface area contributed by atoms with Crippen LogP contribution in [0.5, 0.6) is 0 Å². The lowest BCUT2D eigenvalue weighted by atomic mass is 9.81. The van der Waals surface area contributed by atoms with Crippen molar-refractivity contribution < 1.29 is 14.7 Å². The molecule has 0 aliphatic heterocycles. The maximum atomic E-state index is 11.8. The van der Waals surface area contributed by atoms with E-state index in [9.17, 15) is 9.59 Å². The van der Waals surface area contributed by atoms with Gasteiger partial charge in [-0.3, -0.25) is 9.59 Å². The van der Waals surface area contributed by atoms with Crippen LogP contribution < -0.4 is 0 Å². The highest BCUT2D eigenvalue weighted by atomic mass is 35.5. The van der Waals surface area contributed by atoms with Crippen LogP contribution >= 0.6 is 11.6 Å². The van der Waals surface area contributed by atoms with Crippen LogP contribution in [0.25, 0.3) is 0 Å². The molecule has 0 saturated heterocycles. The van der Waals surface area contributed by atoms with Crippen molar-refractivity contribution >= 4 is 23.4 Å². The van der Waals surface area contributed by atoms with Gasteiger partial charge in [0.2, 0.25) is 0 Å². The fourth-order valence-corrected chi connectivity index (χ4v) is 2.09. The predicted octanol–water partition coefficient (Wildman–Crippen LogP) is 3.64. The first-order valence-corrected chi connectivity index (χ1v) is 6.82. The van der Waals surface area contributed by atoms with Crippen molar-refractivity contribution in [2.45, 2.75) is 38.5 Å². The predicted molar refractivity (Wildman–Crippen MR) is 76.0 cm³/mol. The Kier molecular flexibility index (Phi) is 5.55. The van der Waals surface area contributed by atoms with Crippen LogP contribution in [0.2, 0.25) is 0 Å². The smallest absolute Gasteiger partial charge is 0.304 e. The van der Waals surface area contributed by atoms with E-state index in [-0.39, 0.29) is 12.2 Å². The van der Waals surface area contributed by atoms with Gasteiger partial charge in [-0.1, -0.05) is 38.1 Å². The standard InChI is InChI=1S/C15H19ClO3/c1-15(2,10-14(18)19)12-7-5-11(6-8-12)13(17)4-3-9-16/h5-8H,3-4,9-10H2,1-2H3,(H,18,19). The quantitative estimate of drug-likeness (QED) is 0.613. The Morgan fingerprint density at radius 1 is 1.21 bits per heavy atom. The van der Waals surface area contributed by atoms with Crippen molar-refractivity contribution in [3.63, 3.8) is 0 Å². The van der Waals surface area contributed by atoms with Gasteiger partial charge >= 0.3 is 5.97 Å². The topological polar surface area (TPSA) is 54.4 Å². The van der Waals surface area contributed by atoms with Gasteiger partial charge in [0.05, 0.1) is 6.42 Å². The van der Waals surface area contributed by atoms with Crippen molar-refractivity contribution in [3.05, 3.63) is 35.4 Å². The maximum absolute atomic E-state index is 11.8. The molecule has 0 atom stereocenters. The highest BCUT2D eigenvalue weighted by Crippen LogP contribution is 2.27. The molecular weight excluding hydrogens is 264 g/mol. The molecule has 1 rings (SSSR count). The number of benzene rings is 1. The van der Waals surface area contributed by atoms with Gasteiger partial charge in [0.1, 0.15) is 0 Å². The molecule has 0 bridgehead atoms. The number of ketones is 1. The molecule has 0 aliphatic rings. The first-order valence-electron chi connectivity index (χ1n) is 6.28. The summed E-state index contributed by atoms with van der Waals surface area (Å²) in [5, 5.41) is 8.88. The molecule has 0 fully saturated rings. The fourth-order valence-electron chi connectivity index (χ4n) is 1.96. The summed E-state index contributed by atoms with van der Waals surface area (Å²) in [5.74, 6) is -0.273. The third-order valence-corrected chi connectivity index (χ3v) is 3.39. The van der Waals surface area contributed by atoms with Crippen molar-refractivity contribution in [3.8, 4) is 0 Å². The number of carbonyl (C=O) groups is 2. The molecule has 0 saturated carbocycles. The van der Waals surface area contributed by atoms with E-state index in [1.807, 2.05) is 26.0 Å². The van der Waals surface area contributed by atoms with E-state index in [2.05, 4.69) is 0 Å². The van der Waals surface area contributed by atoms with Crippen LogP contribution in [-0.4, -0.2) is 22.7 Å². The summed E-state index contributed by atoms with van der Waals surface area (Å²) in [4.78, 5) is 22.6. The third kappa shape index (κ3) is 4.67. The molecule has 0 aromatic heterocycles. The van der Waals surface area contributed by atoms with Crippen molar-refractivity contribution in [2.75, 3.05) is 5.88 Å². The van der Waals surface area contributed by atoms with E-state index < -0.39 is 11.4 Å². The zero-order chi connectivity index (χ0) is 14.5. The van der Waals surface area contributed by atoms with E-state index in [0.717, 1.165) is 5.56 Å². The molecule has 104 valence electrons. The molecule has 0 radical (unpaired) electrons. The van der Waals surface area contributed by atoms with Crippen molar-refractivity contribution in [2.24, 2.45) is 0 Å². The summed E-state index contributed by atoms with van der Waals surface area (Å²) in [6, 6.07) is 7.18. The lowest BCUT2D eigenvalue weighted by Crippen LogP contribution is -2.21. The molecule has 3 nitrogen and oxygen atoms in total. The second-order valence-electron chi connectivity index (χ2n) is 5.25. The second-order valence-corrected chi connectivity index (χ2v) is 5.63. The Morgan fingerprint density at radius 3 is 2.26 bits per heavy atom. The first-order chi connectivity index (χ1) is 8.86. The molecule has 0 amide bonds. The van der Waals surface area contributed by atoms with E-state index in [1.54, 1.807) is 12.1 Å². The fraction of sp³-hybridized carbons (Fsp3) is 0.467. The SMILES string of the molecule is CC(C)(CC(=O)O)c1ccc(C(=O)CCCCl)cc1. The summed E-state index contributed by atoms with van der Waals surface area (Å²) in [6.07, 6.45) is 1.18. The molecule has 19 heavy (non-hydrogen) atoms. The van der Waals surface area contributed by atoms with Gasteiger partial charge in [-0.25, -0.2) is 0 Å². The summed E-state index contributed by atoms with van der Waals surface area (Å²) in [7, 11) is 0. The maximum Gasteiger partial charge on any atom is 0.304 e. The number of carboxylic acid groups (broad SMARTS) is 1. The molecule has 1 aromatic carbocycles. The lowest BCUT2D eigenvalue weighted by Gasteiger charge is -2.23. The van der Waals surface area contributed by atoms with Gasteiger partial charge in [0.25, 0.3) is 0 Å². The molecule has 0 spiro atoms. The molecular formula is C15H19ClO3. The summed E-state index contributed by atoms with van der Waals surface area (Å²) >= 11 is 5.56. The highest BCUT2D eigenvalue weighted by Gasteiger charge is 2.24. The minimum Gasteiger partial charge on any atom is -0.481 e.